The van der Waals surface area contributed by atoms with Gasteiger partial charge in [-0.1, -0.05) is 12.1 Å². The number of hydrogen-bond acceptors (Lipinski definition) is 4. The van der Waals surface area contributed by atoms with Gasteiger partial charge >= 0.3 is 0 Å². The highest BCUT2D eigenvalue weighted by Crippen LogP contribution is 2.10. The number of nitrogens with zero attached hydrogens (tertiary/aromatic N) is 1. The maximum Gasteiger partial charge on any atom is 0.273 e. The van der Waals surface area contributed by atoms with Crippen LogP contribution in [0.25, 0.3) is 0 Å². The van der Waals surface area contributed by atoms with Crippen molar-refractivity contribution in [1.82, 2.24) is 5.43 Å². The average Bonchev–Trinajstić information content (AvgIpc) is 2.40. The van der Waals surface area contributed by atoms with Gasteiger partial charge in [0.15, 0.2) is 0 Å². The third-order valence-corrected chi connectivity index (χ3v) is 2.56. The number of rotatable bonds is 3. The molecular formula is C13H15N3O2. The number of nitrogen functional groups attached to an aromatic ring is 1. The first-order chi connectivity index (χ1) is 8.77. The number of nitrogens with two attached hydrogens (primary N) is 1. The second kappa shape index (κ2) is 5.86. The first-order valence-electron chi connectivity index (χ1n) is 5.76. The molecule has 0 spiro atoms. The van der Waals surface area contributed by atoms with E-state index in [1.165, 1.54) is 0 Å². The number of para-hydroxylation sites is 1. The number of ether oxygens (including phenoxy) is 1. The van der Waals surface area contributed by atoms with Gasteiger partial charge in [0.05, 0.1) is 24.6 Å². The van der Waals surface area contributed by atoms with E-state index in [0.29, 0.717) is 11.3 Å². The number of anilines is 1. The summed E-state index contributed by atoms with van der Waals surface area (Å²) in [6.45, 7) is 0.740. The van der Waals surface area contributed by atoms with Gasteiger partial charge in [0.2, 0.25) is 0 Å². The number of carbonyl (C=O) groups is 1. The van der Waals surface area contributed by atoms with Crippen LogP contribution in [0, 0.1) is 0 Å². The van der Waals surface area contributed by atoms with Gasteiger partial charge in [-0.2, -0.15) is 5.10 Å². The third kappa shape index (κ3) is 3.10. The standard InChI is InChI=1S/C13H15N3O2/c14-12-6-2-1-5-11(12)13(17)16-15-8-10-4-3-7-18-9-10/h1-2,5-6,8-9H,3-4,7,14H2,(H,16,17). The second-order valence-corrected chi connectivity index (χ2v) is 3.95. The molecule has 0 bridgehead atoms. The van der Waals surface area contributed by atoms with Crippen molar-refractivity contribution < 1.29 is 9.53 Å². The molecular weight excluding hydrogens is 230 g/mol. The molecule has 5 heteroatoms. The average molecular weight is 245 g/mol. The monoisotopic (exact) mass is 245 g/mol. The van der Waals surface area contributed by atoms with Crippen LogP contribution in [0.5, 0.6) is 0 Å². The van der Waals surface area contributed by atoms with Crippen LogP contribution in [-0.2, 0) is 4.74 Å². The van der Waals surface area contributed by atoms with Crippen molar-refractivity contribution in [2.45, 2.75) is 12.8 Å². The number of allylic oxidation sites excluding steroid dienone is 1. The van der Waals surface area contributed by atoms with Gasteiger partial charge in [0, 0.05) is 11.3 Å². The highest BCUT2D eigenvalue weighted by molar-refractivity contribution is 5.99. The quantitative estimate of drug-likeness (QED) is 0.483. The molecule has 94 valence electrons. The Morgan fingerprint density at radius 1 is 1.44 bits per heavy atom. The van der Waals surface area contributed by atoms with Crippen molar-refractivity contribution in [2.75, 3.05) is 12.3 Å². The number of benzene rings is 1. The summed E-state index contributed by atoms with van der Waals surface area (Å²) in [5.74, 6) is -0.318. The lowest BCUT2D eigenvalue weighted by Crippen LogP contribution is -2.19. The summed E-state index contributed by atoms with van der Waals surface area (Å²) >= 11 is 0. The maximum atomic E-state index is 11.8. The molecule has 2 rings (SSSR count). The molecule has 0 fully saturated rings. The third-order valence-electron chi connectivity index (χ3n) is 2.56. The fourth-order valence-corrected chi connectivity index (χ4v) is 1.62. The molecule has 18 heavy (non-hydrogen) atoms. The SMILES string of the molecule is Nc1ccccc1C(=O)NN=CC1=COCCC1. The summed E-state index contributed by atoms with van der Waals surface area (Å²) in [6.07, 6.45) is 5.14. The van der Waals surface area contributed by atoms with Gasteiger partial charge in [0.1, 0.15) is 0 Å². The fourth-order valence-electron chi connectivity index (χ4n) is 1.62. The van der Waals surface area contributed by atoms with Gasteiger partial charge in [-0.05, 0) is 25.0 Å². The van der Waals surface area contributed by atoms with Crippen LogP contribution < -0.4 is 11.2 Å². The Kier molecular flexibility index (Phi) is 3.96. The Hall–Kier alpha value is -2.30. The molecule has 0 unspecified atom stereocenters. The van der Waals surface area contributed by atoms with E-state index >= 15 is 0 Å². The van der Waals surface area contributed by atoms with E-state index in [-0.39, 0.29) is 5.91 Å². The Balaban J connectivity index is 1.94. The van der Waals surface area contributed by atoms with Gasteiger partial charge in [-0.15, -0.1) is 0 Å². The van der Waals surface area contributed by atoms with Crippen LogP contribution >= 0.6 is 0 Å². The van der Waals surface area contributed by atoms with E-state index in [4.69, 9.17) is 10.5 Å². The van der Waals surface area contributed by atoms with Gasteiger partial charge in [0.25, 0.3) is 5.91 Å². The Bertz CT molecular complexity index is 495. The van der Waals surface area contributed by atoms with E-state index in [1.54, 1.807) is 36.7 Å². The fraction of sp³-hybridized carbons (Fsp3) is 0.231. The minimum absolute atomic E-state index is 0.318. The molecule has 0 saturated heterocycles. The van der Waals surface area contributed by atoms with E-state index in [2.05, 4.69) is 10.5 Å². The van der Waals surface area contributed by atoms with Crippen molar-refractivity contribution >= 4 is 17.8 Å². The topological polar surface area (TPSA) is 76.7 Å². The van der Waals surface area contributed by atoms with Crippen LogP contribution in [0.2, 0.25) is 0 Å². The molecule has 1 aromatic rings. The zero-order valence-corrected chi connectivity index (χ0v) is 9.93. The van der Waals surface area contributed by atoms with Crippen LogP contribution in [0.1, 0.15) is 23.2 Å². The lowest BCUT2D eigenvalue weighted by atomic mass is 10.1. The zero-order chi connectivity index (χ0) is 12.8. The summed E-state index contributed by atoms with van der Waals surface area (Å²) in [7, 11) is 0. The van der Waals surface area contributed by atoms with Crippen LogP contribution in [0.4, 0.5) is 5.69 Å². The van der Waals surface area contributed by atoms with Gasteiger partial charge in [-0.25, -0.2) is 5.43 Å². The molecule has 1 aromatic carbocycles. The number of hydrogen-bond donors (Lipinski definition) is 2. The van der Waals surface area contributed by atoms with Crippen LogP contribution in [-0.4, -0.2) is 18.7 Å². The molecule has 0 radical (unpaired) electrons. The van der Waals surface area contributed by atoms with E-state index < -0.39 is 0 Å². The first kappa shape index (κ1) is 12.2. The second-order valence-electron chi connectivity index (χ2n) is 3.95. The Morgan fingerprint density at radius 3 is 3.00 bits per heavy atom. The molecule has 1 amide bonds. The minimum atomic E-state index is -0.318. The number of carbonyl (C=O) groups excluding carboxylic acids is 1. The molecule has 0 atom stereocenters. The molecule has 3 N–H and O–H groups in total. The zero-order valence-electron chi connectivity index (χ0n) is 9.93. The lowest BCUT2D eigenvalue weighted by molar-refractivity contribution is 0.0956. The van der Waals surface area contributed by atoms with Crippen molar-refractivity contribution in [3.05, 3.63) is 41.7 Å². The van der Waals surface area contributed by atoms with E-state index in [1.807, 2.05) is 0 Å². The molecule has 0 aliphatic carbocycles. The molecule has 1 aliphatic heterocycles. The molecule has 1 aliphatic rings. The normalized spacial score (nSPS) is 15.0. The van der Waals surface area contributed by atoms with E-state index in [9.17, 15) is 4.79 Å². The number of amides is 1. The molecule has 0 saturated carbocycles. The highest BCUT2D eigenvalue weighted by Gasteiger charge is 2.07. The van der Waals surface area contributed by atoms with Crippen molar-refractivity contribution in [1.29, 1.82) is 0 Å². The van der Waals surface area contributed by atoms with Gasteiger partial charge < -0.3 is 10.5 Å². The Morgan fingerprint density at radius 2 is 2.28 bits per heavy atom. The van der Waals surface area contributed by atoms with Crippen LogP contribution in [0.15, 0.2) is 41.2 Å². The number of hydrazone groups is 1. The lowest BCUT2D eigenvalue weighted by Gasteiger charge is -2.09. The maximum absolute atomic E-state index is 11.8. The largest absolute Gasteiger partial charge is 0.501 e. The summed E-state index contributed by atoms with van der Waals surface area (Å²) < 4.78 is 5.16. The predicted molar refractivity (Wildman–Crippen MR) is 70.1 cm³/mol. The van der Waals surface area contributed by atoms with Crippen LogP contribution in [0.3, 0.4) is 0 Å². The van der Waals surface area contributed by atoms with Crippen molar-refractivity contribution in [3.8, 4) is 0 Å². The highest BCUT2D eigenvalue weighted by atomic mass is 16.5. The first-order valence-corrected chi connectivity index (χ1v) is 5.76. The molecule has 0 aromatic heterocycles. The summed E-state index contributed by atoms with van der Waals surface area (Å²) in [4.78, 5) is 11.8. The van der Waals surface area contributed by atoms with Crippen molar-refractivity contribution in [3.63, 3.8) is 0 Å². The van der Waals surface area contributed by atoms with Crippen molar-refractivity contribution in [2.24, 2.45) is 5.10 Å². The van der Waals surface area contributed by atoms with Gasteiger partial charge in [-0.3, -0.25) is 4.79 Å². The predicted octanol–water partition coefficient (Wildman–Crippen LogP) is 1.68. The summed E-state index contributed by atoms with van der Waals surface area (Å²) in [6, 6.07) is 6.87. The Labute approximate surface area is 105 Å². The molecule has 1 heterocycles. The smallest absolute Gasteiger partial charge is 0.273 e. The summed E-state index contributed by atoms with van der Waals surface area (Å²) in [5.41, 5.74) is 9.95. The molecule has 5 nitrogen and oxygen atoms in total. The number of nitrogens with one attached hydrogen (secondary N) is 1. The minimum Gasteiger partial charge on any atom is -0.501 e. The summed E-state index contributed by atoms with van der Waals surface area (Å²) in [5, 5.41) is 3.88. The van der Waals surface area contributed by atoms with E-state index in [0.717, 1.165) is 25.0 Å².